The van der Waals surface area contributed by atoms with E-state index in [0.717, 1.165) is 0 Å². The van der Waals surface area contributed by atoms with E-state index in [2.05, 4.69) is 4.74 Å². The van der Waals surface area contributed by atoms with Gasteiger partial charge in [-0.1, -0.05) is 0 Å². The highest BCUT2D eigenvalue weighted by Gasteiger charge is 2.38. The van der Waals surface area contributed by atoms with Gasteiger partial charge in [0.25, 0.3) is 0 Å². The minimum atomic E-state index is -2.20. The number of carboxylic acids is 2. The predicted molar refractivity (Wildman–Crippen MR) is 59.5 cm³/mol. The molecule has 0 bridgehead atoms. The molecule has 10 heteroatoms. The fraction of sp³-hybridized carbons (Fsp3) is 0.700. The van der Waals surface area contributed by atoms with E-state index in [9.17, 15) is 24.6 Å². The van der Waals surface area contributed by atoms with E-state index in [1.54, 1.807) is 0 Å². The van der Waals surface area contributed by atoms with Gasteiger partial charge in [0.2, 0.25) is 6.10 Å². The van der Waals surface area contributed by atoms with Crippen LogP contribution < -0.4 is 0 Å². The Morgan fingerprint density at radius 2 is 1.50 bits per heavy atom. The van der Waals surface area contributed by atoms with Crippen molar-refractivity contribution in [3.8, 4) is 0 Å². The Morgan fingerprint density at radius 1 is 0.950 bits per heavy atom. The van der Waals surface area contributed by atoms with Crippen molar-refractivity contribution in [3.63, 3.8) is 0 Å². The molecule has 0 fully saturated rings. The summed E-state index contributed by atoms with van der Waals surface area (Å²) in [5, 5.41) is 53.5. The number of hydrogen-bond acceptors (Lipinski definition) is 8. The molecule has 0 aromatic rings. The Bertz CT molecular complexity index is 354. The Kier molecular flexibility index (Phi) is 7.69. The summed E-state index contributed by atoms with van der Waals surface area (Å²) in [6.07, 6.45) is -9.50. The van der Waals surface area contributed by atoms with Gasteiger partial charge in [0.1, 0.15) is 18.3 Å². The monoisotopic (exact) mass is 296 g/mol. The summed E-state index contributed by atoms with van der Waals surface area (Å²) < 4.78 is 4.34. The first kappa shape index (κ1) is 18.2. The van der Waals surface area contributed by atoms with E-state index < -0.39 is 61.8 Å². The van der Waals surface area contributed by atoms with Crippen molar-refractivity contribution in [2.45, 2.75) is 37.3 Å². The largest absolute Gasteiger partial charge is 0.481 e. The van der Waals surface area contributed by atoms with E-state index in [0.29, 0.717) is 0 Å². The molecular weight excluding hydrogens is 280 g/mol. The Balaban J connectivity index is 4.68. The zero-order valence-corrected chi connectivity index (χ0v) is 10.2. The molecule has 0 aromatic carbocycles. The highest BCUT2D eigenvalue weighted by atomic mass is 16.6. The molecule has 0 aliphatic carbocycles. The lowest BCUT2D eigenvalue weighted by molar-refractivity contribution is -0.182. The number of aliphatic hydroxyl groups excluding tert-OH is 4. The zero-order chi connectivity index (χ0) is 15.9. The summed E-state index contributed by atoms with van der Waals surface area (Å²) in [6.45, 7) is -0.947. The average Bonchev–Trinajstić information content (AvgIpc) is 2.39. The second-order valence-electron chi connectivity index (χ2n) is 3.87. The van der Waals surface area contributed by atoms with E-state index in [4.69, 9.17) is 20.4 Å². The number of carbonyl (C=O) groups excluding carboxylic acids is 1. The maximum atomic E-state index is 11.2. The highest BCUT2D eigenvalue weighted by molar-refractivity contribution is 5.80. The normalized spacial score (nSPS) is 16.8. The number of esters is 1. The average molecular weight is 296 g/mol. The standard InChI is InChI=1S/C10H16O10/c11-3-4(12)7(16)8(17)9(10(18)19)20-6(15)2-1-5(13)14/h4,7-9,11-12,16-17H,1-3H2,(H,13,14)(H,18,19)/t4-,7-,8+,9-/m1/s1. The minimum absolute atomic E-state index is 0.594. The molecule has 0 heterocycles. The van der Waals surface area contributed by atoms with Crippen LogP contribution in [0.3, 0.4) is 0 Å². The molecule has 0 aliphatic heterocycles. The van der Waals surface area contributed by atoms with Crippen LogP contribution in [0.15, 0.2) is 0 Å². The first-order valence-electron chi connectivity index (χ1n) is 5.49. The van der Waals surface area contributed by atoms with Crippen LogP contribution >= 0.6 is 0 Å². The molecule has 0 unspecified atom stereocenters. The van der Waals surface area contributed by atoms with Crippen LogP contribution in [0.4, 0.5) is 0 Å². The summed E-state index contributed by atoms with van der Waals surface area (Å²) in [6, 6.07) is 0. The SMILES string of the molecule is O=C(O)CCC(=O)O[C@@H](C(=O)O)[C@@H](O)[C@H](O)[C@H](O)CO. The summed E-state index contributed by atoms with van der Waals surface area (Å²) in [5.74, 6) is -4.31. The van der Waals surface area contributed by atoms with Crippen LogP contribution in [0.5, 0.6) is 0 Å². The maximum Gasteiger partial charge on any atom is 0.347 e. The molecule has 10 nitrogen and oxygen atoms in total. The number of aliphatic carboxylic acids is 2. The molecule has 116 valence electrons. The van der Waals surface area contributed by atoms with Crippen LogP contribution in [0.2, 0.25) is 0 Å². The second kappa shape index (κ2) is 8.43. The molecule has 0 saturated heterocycles. The van der Waals surface area contributed by atoms with Gasteiger partial charge in [-0.15, -0.1) is 0 Å². The van der Waals surface area contributed by atoms with Gasteiger partial charge in [0.05, 0.1) is 19.4 Å². The molecule has 20 heavy (non-hydrogen) atoms. The van der Waals surface area contributed by atoms with Crippen molar-refractivity contribution in [1.29, 1.82) is 0 Å². The van der Waals surface area contributed by atoms with Crippen LogP contribution in [-0.2, 0) is 19.1 Å². The van der Waals surface area contributed by atoms with Gasteiger partial charge in [0, 0.05) is 0 Å². The number of aliphatic hydroxyl groups is 4. The first-order chi connectivity index (χ1) is 9.20. The van der Waals surface area contributed by atoms with E-state index in [1.165, 1.54) is 0 Å². The fourth-order valence-electron chi connectivity index (χ4n) is 1.19. The number of rotatable bonds is 9. The van der Waals surface area contributed by atoms with E-state index in [-0.39, 0.29) is 0 Å². The van der Waals surface area contributed by atoms with Crippen molar-refractivity contribution >= 4 is 17.9 Å². The molecule has 6 N–H and O–H groups in total. The second-order valence-corrected chi connectivity index (χ2v) is 3.87. The lowest BCUT2D eigenvalue weighted by Crippen LogP contribution is -2.50. The van der Waals surface area contributed by atoms with Crippen molar-refractivity contribution in [2.75, 3.05) is 6.61 Å². The van der Waals surface area contributed by atoms with Gasteiger partial charge in [-0.05, 0) is 0 Å². The van der Waals surface area contributed by atoms with Gasteiger partial charge in [0.15, 0.2) is 0 Å². The van der Waals surface area contributed by atoms with E-state index >= 15 is 0 Å². The molecule has 0 amide bonds. The third-order valence-electron chi connectivity index (χ3n) is 2.29. The van der Waals surface area contributed by atoms with Crippen molar-refractivity contribution in [2.24, 2.45) is 0 Å². The van der Waals surface area contributed by atoms with Gasteiger partial charge in [-0.25, -0.2) is 4.79 Å². The first-order valence-corrected chi connectivity index (χ1v) is 5.49. The van der Waals surface area contributed by atoms with Gasteiger partial charge in [-0.2, -0.15) is 0 Å². The van der Waals surface area contributed by atoms with E-state index in [1.807, 2.05) is 0 Å². The van der Waals surface area contributed by atoms with Gasteiger partial charge >= 0.3 is 17.9 Å². The molecule has 0 spiro atoms. The van der Waals surface area contributed by atoms with Gasteiger partial charge < -0.3 is 35.4 Å². The highest BCUT2D eigenvalue weighted by Crippen LogP contribution is 2.10. The number of carbonyl (C=O) groups is 3. The Morgan fingerprint density at radius 3 is 1.90 bits per heavy atom. The van der Waals surface area contributed by atoms with Crippen molar-refractivity contribution in [1.82, 2.24) is 0 Å². The number of ether oxygens (including phenoxy) is 1. The maximum absolute atomic E-state index is 11.2. The van der Waals surface area contributed by atoms with Gasteiger partial charge in [-0.3, -0.25) is 9.59 Å². The van der Waals surface area contributed by atoms with Crippen LogP contribution in [0.25, 0.3) is 0 Å². The summed E-state index contributed by atoms with van der Waals surface area (Å²) in [5.41, 5.74) is 0. The lowest BCUT2D eigenvalue weighted by atomic mass is 10.0. The molecule has 4 atom stereocenters. The molecular formula is C10H16O10. The molecule has 0 aromatic heterocycles. The summed E-state index contributed by atoms with van der Waals surface area (Å²) in [4.78, 5) is 32.2. The third-order valence-corrected chi connectivity index (χ3v) is 2.29. The molecule has 0 aliphatic rings. The smallest absolute Gasteiger partial charge is 0.347 e. The molecule has 0 rings (SSSR count). The summed E-state index contributed by atoms with van der Waals surface area (Å²) in [7, 11) is 0. The quantitative estimate of drug-likeness (QED) is 0.239. The molecule has 0 saturated carbocycles. The summed E-state index contributed by atoms with van der Waals surface area (Å²) >= 11 is 0. The third kappa shape index (κ3) is 5.93. The van der Waals surface area contributed by atoms with Crippen molar-refractivity contribution < 1.29 is 49.8 Å². The fourth-order valence-corrected chi connectivity index (χ4v) is 1.19. The zero-order valence-electron chi connectivity index (χ0n) is 10.2. The van der Waals surface area contributed by atoms with Crippen LogP contribution in [0, 0.1) is 0 Å². The van der Waals surface area contributed by atoms with Crippen LogP contribution in [-0.4, -0.2) is 79.6 Å². The topological polar surface area (TPSA) is 182 Å². The Hall–Kier alpha value is -1.75. The predicted octanol–water partition coefficient (Wildman–Crippen LogP) is -3.08. The van der Waals surface area contributed by atoms with Crippen molar-refractivity contribution in [3.05, 3.63) is 0 Å². The minimum Gasteiger partial charge on any atom is -0.481 e. The lowest BCUT2D eigenvalue weighted by Gasteiger charge is -2.26. The van der Waals surface area contributed by atoms with Crippen LogP contribution in [0.1, 0.15) is 12.8 Å². The number of hydrogen-bond donors (Lipinski definition) is 6. The molecule has 0 radical (unpaired) electrons. The Labute approximate surface area is 112 Å². The number of carboxylic acid groups (broad SMARTS) is 2.